The van der Waals surface area contributed by atoms with E-state index in [1.54, 1.807) is 14.2 Å². The molecule has 0 amide bonds. The van der Waals surface area contributed by atoms with Crippen LogP contribution in [0.2, 0.25) is 0 Å². The Bertz CT molecular complexity index is 598. The second-order valence-corrected chi connectivity index (χ2v) is 5.52. The molecule has 0 atom stereocenters. The normalized spacial score (nSPS) is 17.6. The highest BCUT2D eigenvalue weighted by atomic mass is 16.5. The summed E-state index contributed by atoms with van der Waals surface area (Å²) in [6, 6.07) is 6.77. The van der Waals surface area contributed by atoms with Crippen molar-refractivity contribution in [1.82, 2.24) is 9.47 Å². The molecule has 0 radical (unpaired) electrons. The monoisotopic (exact) mass is 274 g/mol. The van der Waals surface area contributed by atoms with Crippen LogP contribution in [0.1, 0.15) is 18.9 Å². The van der Waals surface area contributed by atoms with Gasteiger partial charge in [0.2, 0.25) is 0 Å². The Morgan fingerprint density at radius 3 is 2.50 bits per heavy atom. The van der Waals surface area contributed by atoms with E-state index in [0.29, 0.717) is 6.04 Å². The van der Waals surface area contributed by atoms with Crippen LogP contribution in [0.5, 0.6) is 11.5 Å². The van der Waals surface area contributed by atoms with Gasteiger partial charge in [-0.2, -0.15) is 0 Å². The van der Waals surface area contributed by atoms with Gasteiger partial charge in [0, 0.05) is 29.8 Å². The first-order valence-electron chi connectivity index (χ1n) is 7.14. The first-order valence-corrected chi connectivity index (χ1v) is 7.14. The predicted molar refractivity (Wildman–Crippen MR) is 80.8 cm³/mol. The van der Waals surface area contributed by atoms with Crippen molar-refractivity contribution in [3.05, 3.63) is 24.4 Å². The molecule has 1 fully saturated rings. The van der Waals surface area contributed by atoms with Crippen LogP contribution in [-0.2, 0) is 0 Å². The Kier molecular flexibility index (Phi) is 3.57. The maximum atomic E-state index is 5.49. The summed E-state index contributed by atoms with van der Waals surface area (Å²) in [7, 11) is 5.60. The van der Waals surface area contributed by atoms with E-state index < -0.39 is 0 Å². The standard InChI is InChI=1S/C16H22N2O2/c1-17-7-4-12(5-8-17)18-9-6-14-15(18)10-13(19-2)11-16(14)20-3/h6,9-12H,4-5,7-8H2,1-3H3. The summed E-state index contributed by atoms with van der Waals surface area (Å²) in [5, 5.41) is 1.16. The van der Waals surface area contributed by atoms with Gasteiger partial charge < -0.3 is 18.9 Å². The molecule has 2 aromatic rings. The predicted octanol–water partition coefficient (Wildman–Crippen LogP) is 2.93. The van der Waals surface area contributed by atoms with Gasteiger partial charge in [0.1, 0.15) is 11.5 Å². The molecule has 0 aliphatic carbocycles. The van der Waals surface area contributed by atoms with Gasteiger partial charge in [-0.1, -0.05) is 0 Å². The Hall–Kier alpha value is -1.68. The second kappa shape index (κ2) is 5.37. The molecule has 1 aliphatic heterocycles. The van der Waals surface area contributed by atoms with Gasteiger partial charge in [-0.25, -0.2) is 0 Å². The molecule has 0 N–H and O–H groups in total. The van der Waals surface area contributed by atoms with Crippen molar-refractivity contribution in [2.75, 3.05) is 34.4 Å². The van der Waals surface area contributed by atoms with Gasteiger partial charge in [0.15, 0.2) is 0 Å². The van der Waals surface area contributed by atoms with E-state index >= 15 is 0 Å². The van der Waals surface area contributed by atoms with Crippen LogP contribution in [0.3, 0.4) is 0 Å². The SMILES string of the molecule is COc1cc(OC)c2ccn(C3CCN(C)CC3)c2c1. The largest absolute Gasteiger partial charge is 0.497 e. The molecule has 0 unspecified atom stereocenters. The lowest BCUT2D eigenvalue weighted by Gasteiger charge is -2.30. The first-order chi connectivity index (χ1) is 9.72. The molecule has 108 valence electrons. The molecule has 0 saturated carbocycles. The summed E-state index contributed by atoms with van der Waals surface area (Å²) in [5.41, 5.74) is 1.20. The van der Waals surface area contributed by atoms with E-state index in [2.05, 4.69) is 34.8 Å². The summed E-state index contributed by atoms with van der Waals surface area (Å²) in [5.74, 6) is 1.73. The Labute approximate surface area is 119 Å². The minimum absolute atomic E-state index is 0.570. The molecule has 4 nitrogen and oxygen atoms in total. The molecular formula is C16H22N2O2. The van der Waals surface area contributed by atoms with Crippen LogP contribution in [0.25, 0.3) is 10.9 Å². The second-order valence-electron chi connectivity index (χ2n) is 5.52. The maximum Gasteiger partial charge on any atom is 0.131 e. The highest BCUT2D eigenvalue weighted by molar-refractivity contribution is 5.88. The average molecular weight is 274 g/mol. The van der Waals surface area contributed by atoms with E-state index in [4.69, 9.17) is 9.47 Å². The number of piperidine rings is 1. The highest BCUT2D eigenvalue weighted by Gasteiger charge is 2.20. The lowest BCUT2D eigenvalue weighted by atomic mass is 10.1. The lowest BCUT2D eigenvalue weighted by molar-refractivity contribution is 0.224. The third kappa shape index (κ3) is 2.24. The summed E-state index contributed by atoms with van der Waals surface area (Å²) >= 11 is 0. The summed E-state index contributed by atoms with van der Waals surface area (Å²) in [4.78, 5) is 2.39. The third-order valence-electron chi connectivity index (χ3n) is 4.31. The Morgan fingerprint density at radius 2 is 1.85 bits per heavy atom. The number of hydrogen-bond acceptors (Lipinski definition) is 3. The van der Waals surface area contributed by atoms with Crippen molar-refractivity contribution in [1.29, 1.82) is 0 Å². The van der Waals surface area contributed by atoms with Crippen LogP contribution < -0.4 is 9.47 Å². The minimum Gasteiger partial charge on any atom is -0.497 e. The molecule has 1 aromatic carbocycles. The fraction of sp³-hybridized carbons (Fsp3) is 0.500. The fourth-order valence-electron chi connectivity index (χ4n) is 3.08. The van der Waals surface area contributed by atoms with Gasteiger partial charge in [-0.15, -0.1) is 0 Å². The Balaban J connectivity index is 2.03. The molecule has 0 spiro atoms. The van der Waals surface area contributed by atoms with Crippen LogP contribution >= 0.6 is 0 Å². The number of fused-ring (bicyclic) bond motifs is 1. The zero-order chi connectivity index (χ0) is 14.1. The smallest absolute Gasteiger partial charge is 0.131 e. The van der Waals surface area contributed by atoms with E-state index in [9.17, 15) is 0 Å². The molecule has 0 bridgehead atoms. The summed E-state index contributed by atoms with van der Waals surface area (Å²) in [6.45, 7) is 2.32. The topological polar surface area (TPSA) is 26.6 Å². The lowest BCUT2D eigenvalue weighted by Crippen LogP contribution is -2.31. The number of methoxy groups -OCH3 is 2. The van der Waals surface area contributed by atoms with Gasteiger partial charge in [-0.3, -0.25) is 0 Å². The molecule has 20 heavy (non-hydrogen) atoms. The van der Waals surface area contributed by atoms with Gasteiger partial charge >= 0.3 is 0 Å². The molecule has 4 heteroatoms. The van der Waals surface area contributed by atoms with Crippen LogP contribution in [0.15, 0.2) is 24.4 Å². The number of likely N-dealkylation sites (tertiary alicyclic amines) is 1. The third-order valence-corrected chi connectivity index (χ3v) is 4.31. The number of aromatic nitrogens is 1. The maximum absolute atomic E-state index is 5.49. The summed E-state index contributed by atoms with van der Waals surface area (Å²) < 4.78 is 13.3. The van der Waals surface area contributed by atoms with E-state index in [1.165, 1.54) is 18.4 Å². The van der Waals surface area contributed by atoms with Gasteiger partial charge in [0.05, 0.1) is 19.7 Å². The number of nitrogens with zero attached hydrogens (tertiary/aromatic N) is 2. The highest BCUT2D eigenvalue weighted by Crippen LogP contribution is 2.35. The number of hydrogen-bond donors (Lipinski definition) is 0. The van der Waals surface area contributed by atoms with Crippen molar-refractivity contribution in [2.24, 2.45) is 0 Å². The minimum atomic E-state index is 0.570. The number of ether oxygens (including phenoxy) is 2. The molecule has 1 aromatic heterocycles. The number of rotatable bonds is 3. The zero-order valence-corrected chi connectivity index (χ0v) is 12.4. The van der Waals surface area contributed by atoms with Crippen molar-refractivity contribution >= 4 is 10.9 Å². The van der Waals surface area contributed by atoms with Crippen molar-refractivity contribution in [3.63, 3.8) is 0 Å². The molecular weight excluding hydrogens is 252 g/mol. The van der Waals surface area contributed by atoms with Crippen LogP contribution in [-0.4, -0.2) is 43.8 Å². The quantitative estimate of drug-likeness (QED) is 0.861. The van der Waals surface area contributed by atoms with Crippen LogP contribution in [0.4, 0.5) is 0 Å². The van der Waals surface area contributed by atoms with E-state index in [0.717, 1.165) is 30.0 Å². The first kappa shape index (κ1) is 13.3. The Morgan fingerprint density at radius 1 is 1.10 bits per heavy atom. The van der Waals surface area contributed by atoms with Gasteiger partial charge in [-0.05, 0) is 39.0 Å². The molecule has 1 aliphatic rings. The van der Waals surface area contributed by atoms with E-state index in [-0.39, 0.29) is 0 Å². The molecule has 1 saturated heterocycles. The van der Waals surface area contributed by atoms with Crippen molar-refractivity contribution < 1.29 is 9.47 Å². The molecule has 2 heterocycles. The van der Waals surface area contributed by atoms with Gasteiger partial charge in [0.25, 0.3) is 0 Å². The molecule has 3 rings (SSSR count). The fourth-order valence-corrected chi connectivity index (χ4v) is 3.08. The number of benzene rings is 1. The zero-order valence-electron chi connectivity index (χ0n) is 12.4. The van der Waals surface area contributed by atoms with Crippen molar-refractivity contribution in [3.8, 4) is 11.5 Å². The van der Waals surface area contributed by atoms with Crippen molar-refractivity contribution in [2.45, 2.75) is 18.9 Å². The average Bonchev–Trinajstić information content (AvgIpc) is 2.90. The van der Waals surface area contributed by atoms with E-state index in [1.807, 2.05) is 6.07 Å². The summed E-state index contributed by atoms with van der Waals surface area (Å²) in [6.07, 6.45) is 4.57. The van der Waals surface area contributed by atoms with Crippen LogP contribution in [0, 0.1) is 0 Å².